The summed E-state index contributed by atoms with van der Waals surface area (Å²) in [5.41, 5.74) is 0. The van der Waals surface area contributed by atoms with Gasteiger partial charge in [0.05, 0.1) is 23.7 Å². The molecule has 11 heavy (non-hydrogen) atoms. The fraction of sp³-hybridized carbons (Fsp3) is 0.857. The Bertz CT molecular complexity index is 137. The van der Waals surface area contributed by atoms with Gasteiger partial charge in [-0.15, -0.1) is 0 Å². The molecule has 0 aromatic carbocycles. The Kier molecular flexibility index (Phi) is 3.23. The van der Waals surface area contributed by atoms with Crippen molar-refractivity contribution in [3.63, 3.8) is 0 Å². The number of piperidine rings is 1. The maximum atomic E-state index is 8.84. The average molecular weight is 175 g/mol. The number of aliphatic hydroxyl groups excluding tert-OH is 1. The lowest BCUT2D eigenvalue weighted by Crippen LogP contribution is -2.45. The van der Waals surface area contributed by atoms with Gasteiger partial charge in [-0.1, -0.05) is 12.2 Å². The highest BCUT2D eigenvalue weighted by molar-refractivity contribution is 7.80. The summed E-state index contributed by atoms with van der Waals surface area (Å²) in [4.78, 5) is 0.794. The van der Waals surface area contributed by atoms with Gasteiger partial charge in [-0.2, -0.15) is 0 Å². The molecule has 0 spiro atoms. The number of rotatable bonds is 2. The standard InChI is InChI=1S/C7H13NO2S/c1-10-6-2-5(4-9)8-7(11)3-6/h5-6,9H,2-4H2,1H3,(H,8,11)/t5-,6?/m0/s1. The average Bonchev–Trinajstić information content (AvgIpc) is 2.03. The van der Waals surface area contributed by atoms with Crippen LogP contribution in [0.15, 0.2) is 0 Å². The molecule has 3 nitrogen and oxygen atoms in total. The van der Waals surface area contributed by atoms with E-state index in [0.717, 1.165) is 17.8 Å². The maximum absolute atomic E-state index is 8.84. The first-order valence-electron chi connectivity index (χ1n) is 3.69. The first-order chi connectivity index (χ1) is 5.26. The Morgan fingerprint density at radius 1 is 1.82 bits per heavy atom. The van der Waals surface area contributed by atoms with Crippen molar-refractivity contribution in [1.82, 2.24) is 5.32 Å². The molecule has 0 radical (unpaired) electrons. The van der Waals surface area contributed by atoms with E-state index in [2.05, 4.69) is 5.32 Å². The topological polar surface area (TPSA) is 41.5 Å². The molecule has 1 rings (SSSR count). The molecule has 1 aliphatic rings. The normalized spacial score (nSPS) is 31.6. The zero-order valence-corrected chi connectivity index (χ0v) is 7.36. The van der Waals surface area contributed by atoms with Crippen molar-refractivity contribution < 1.29 is 9.84 Å². The molecule has 0 saturated carbocycles. The summed E-state index contributed by atoms with van der Waals surface area (Å²) < 4.78 is 5.16. The van der Waals surface area contributed by atoms with Crippen LogP contribution in [0.5, 0.6) is 0 Å². The van der Waals surface area contributed by atoms with Crippen molar-refractivity contribution in [2.75, 3.05) is 13.7 Å². The fourth-order valence-electron chi connectivity index (χ4n) is 1.25. The van der Waals surface area contributed by atoms with Crippen LogP contribution in [0, 0.1) is 0 Å². The van der Waals surface area contributed by atoms with Crippen LogP contribution in [0.2, 0.25) is 0 Å². The van der Waals surface area contributed by atoms with E-state index < -0.39 is 0 Å². The van der Waals surface area contributed by atoms with Crippen LogP contribution in [0.4, 0.5) is 0 Å². The molecule has 4 heteroatoms. The number of hydrogen-bond acceptors (Lipinski definition) is 3. The largest absolute Gasteiger partial charge is 0.394 e. The van der Waals surface area contributed by atoms with Gasteiger partial charge in [-0.3, -0.25) is 0 Å². The fourth-order valence-corrected chi connectivity index (χ4v) is 1.61. The van der Waals surface area contributed by atoms with E-state index in [9.17, 15) is 0 Å². The highest BCUT2D eigenvalue weighted by Gasteiger charge is 2.23. The van der Waals surface area contributed by atoms with Gasteiger partial charge in [0.25, 0.3) is 0 Å². The Morgan fingerprint density at radius 2 is 2.55 bits per heavy atom. The molecule has 1 fully saturated rings. The lowest BCUT2D eigenvalue weighted by molar-refractivity contribution is 0.0755. The smallest absolute Gasteiger partial charge is 0.0782 e. The van der Waals surface area contributed by atoms with E-state index in [0.29, 0.717) is 0 Å². The van der Waals surface area contributed by atoms with E-state index in [-0.39, 0.29) is 18.8 Å². The summed E-state index contributed by atoms with van der Waals surface area (Å²) in [7, 11) is 1.67. The van der Waals surface area contributed by atoms with Crippen LogP contribution < -0.4 is 5.32 Å². The second kappa shape index (κ2) is 3.99. The van der Waals surface area contributed by atoms with Gasteiger partial charge >= 0.3 is 0 Å². The van der Waals surface area contributed by atoms with Crippen molar-refractivity contribution >= 4 is 17.2 Å². The van der Waals surface area contributed by atoms with Crippen LogP contribution in [-0.4, -0.2) is 36.0 Å². The molecular weight excluding hydrogens is 162 g/mol. The molecular formula is C7H13NO2S. The molecule has 0 bridgehead atoms. The Balaban J connectivity index is 2.43. The minimum absolute atomic E-state index is 0.0844. The number of nitrogens with one attached hydrogen (secondary N) is 1. The summed E-state index contributed by atoms with van der Waals surface area (Å²) >= 11 is 4.99. The maximum Gasteiger partial charge on any atom is 0.0782 e. The van der Waals surface area contributed by atoms with Crippen molar-refractivity contribution in [2.45, 2.75) is 25.0 Å². The van der Waals surface area contributed by atoms with Gasteiger partial charge in [-0.25, -0.2) is 0 Å². The van der Waals surface area contributed by atoms with E-state index in [1.54, 1.807) is 7.11 Å². The lowest BCUT2D eigenvalue weighted by Gasteiger charge is -2.29. The molecule has 1 unspecified atom stereocenters. The molecule has 1 aliphatic heterocycles. The van der Waals surface area contributed by atoms with Crippen molar-refractivity contribution in [1.29, 1.82) is 0 Å². The predicted molar refractivity (Wildman–Crippen MR) is 46.6 cm³/mol. The quantitative estimate of drug-likeness (QED) is 0.583. The second-order valence-electron chi connectivity index (χ2n) is 2.74. The van der Waals surface area contributed by atoms with E-state index >= 15 is 0 Å². The minimum atomic E-state index is 0.0844. The number of ether oxygens (including phenoxy) is 1. The molecule has 2 N–H and O–H groups in total. The van der Waals surface area contributed by atoms with E-state index in [1.807, 2.05) is 0 Å². The highest BCUT2D eigenvalue weighted by atomic mass is 32.1. The monoisotopic (exact) mass is 175 g/mol. The highest BCUT2D eigenvalue weighted by Crippen LogP contribution is 2.12. The summed E-state index contributed by atoms with van der Waals surface area (Å²) in [5, 5.41) is 11.9. The molecule has 0 aromatic heterocycles. The minimum Gasteiger partial charge on any atom is -0.394 e. The summed E-state index contributed by atoms with van der Waals surface area (Å²) in [6, 6.07) is 0.0844. The third-order valence-corrected chi connectivity index (χ3v) is 2.16. The Morgan fingerprint density at radius 3 is 3.09 bits per heavy atom. The number of aliphatic hydroxyl groups is 1. The molecule has 1 heterocycles. The summed E-state index contributed by atoms with van der Waals surface area (Å²) in [5.74, 6) is 0. The molecule has 0 amide bonds. The summed E-state index contributed by atoms with van der Waals surface area (Å²) in [6.07, 6.45) is 1.80. The number of thiocarbonyl (C=S) groups is 1. The lowest BCUT2D eigenvalue weighted by atomic mass is 10.0. The van der Waals surface area contributed by atoms with Gasteiger partial charge in [-0.05, 0) is 6.42 Å². The molecule has 0 aliphatic carbocycles. The van der Waals surface area contributed by atoms with Gasteiger partial charge in [0, 0.05) is 13.5 Å². The summed E-state index contributed by atoms with van der Waals surface area (Å²) in [6.45, 7) is 0.125. The molecule has 64 valence electrons. The van der Waals surface area contributed by atoms with Gasteiger partial charge in [0.15, 0.2) is 0 Å². The first kappa shape index (κ1) is 8.90. The second-order valence-corrected chi connectivity index (χ2v) is 3.24. The van der Waals surface area contributed by atoms with Crippen LogP contribution in [0.1, 0.15) is 12.8 Å². The first-order valence-corrected chi connectivity index (χ1v) is 4.10. The van der Waals surface area contributed by atoms with Crippen LogP contribution in [0.3, 0.4) is 0 Å². The predicted octanol–water partition coefficient (Wildman–Crippen LogP) is 0.0731. The molecule has 2 atom stereocenters. The van der Waals surface area contributed by atoms with Crippen molar-refractivity contribution in [3.8, 4) is 0 Å². The number of hydrogen-bond donors (Lipinski definition) is 2. The zero-order chi connectivity index (χ0) is 8.27. The van der Waals surface area contributed by atoms with Crippen LogP contribution in [0.25, 0.3) is 0 Å². The molecule has 1 saturated heterocycles. The van der Waals surface area contributed by atoms with Gasteiger partial charge in [0.2, 0.25) is 0 Å². The van der Waals surface area contributed by atoms with E-state index in [1.165, 1.54) is 0 Å². The Hall–Kier alpha value is -0.190. The van der Waals surface area contributed by atoms with Crippen molar-refractivity contribution in [3.05, 3.63) is 0 Å². The van der Waals surface area contributed by atoms with Crippen molar-refractivity contribution in [2.24, 2.45) is 0 Å². The van der Waals surface area contributed by atoms with Crippen LogP contribution in [-0.2, 0) is 4.74 Å². The Labute approximate surface area is 71.7 Å². The third-order valence-electron chi connectivity index (χ3n) is 1.88. The zero-order valence-electron chi connectivity index (χ0n) is 6.54. The van der Waals surface area contributed by atoms with Crippen LogP contribution >= 0.6 is 12.2 Å². The number of methoxy groups -OCH3 is 1. The molecule has 0 aromatic rings. The SMILES string of the molecule is COC1CC(=S)N[C@H](CO)C1. The van der Waals surface area contributed by atoms with E-state index in [4.69, 9.17) is 22.1 Å². The van der Waals surface area contributed by atoms with Gasteiger partial charge < -0.3 is 15.2 Å². The third kappa shape index (κ3) is 2.39. The van der Waals surface area contributed by atoms with Gasteiger partial charge in [0.1, 0.15) is 0 Å².